The van der Waals surface area contributed by atoms with E-state index in [2.05, 4.69) is 31.1 Å². The summed E-state index contributed by atoms with van der Waals surface area (Å²) in [5, 5.41) is 24.8. The SMILES string of the molecule is C#Cc1c(F)ccc2cc(O)cc(-c3nc(OC)c4c(NC5(C)CC(O)C5)nc(OCC56CCCN5CCC6)nc4c3F)c12. The number of nitrogens with one attached hydrogen (secondary N) is 1. The molecule has 1 aliphatic carbocycles. The molecule has 1 saturated carbocycles. The van der Waals surface area contributed by atoms with Crippen LogP contribution in [-0.2, 0) is 0 Å². The standard InChI is InChI=1S/C33H33F2N5O4/c1-4-21-23(34)8-7-18-13-19(41)14-22(24(18)21)27-26(35)28-25(30(36-27)43-3)29(39-32(2)15-20(42)16-32)38-31(37-28)44-17-33-9-5-11-40(33)12-6-10-33/h1,7-8,13-14,20,41-42H,5-6,9-12,15-17H2,2-3H3,(H,37,38,39). The van der Waals surface area contributed by atoms with Gasteiger partial charge in [-0.25, -0.2) is 13.8 Å². The Labute approximate surface area is 253 Å². The largest absolute Gasteiger partial charge is 0.508 e. The molecule has 0 spiro atoms. The van der Waals surface area contributed by atoms with E-state index in [0.29, 0.717) is 24.8 Å². The Kier molecular flexibility index (Phi) is 6.75. The molecule has 3 N–H and O–H groups in total. The van der Waals surface area contributed by atoms with Crippen molar-refractivity contribution in [1.29, 1.82) is 0 Å². The summed E-state index contributed by atoms with van der Waals surface area (Å²) in [6, 6.07) is 5.37. The smallest absolute Gasteiger partial charge is 0.319 e. The van der Waals surface area contributed by atoms with Gasteiger partial charge in [0.25, 0.3) is 0 Å². The quantitative estimate of drug-likeness (QED) is 0.248. The molecule has 2 aliphatic heterocycles. The van der Waals surface area contributed by atoms with Gasteiger partial charge in [-0.05, 0) is 82.1 Å². The number of nitrogens with zero attached hydrogens (tertiary/aromatic N) is 4. The summed E-state index contributed by atoms with van der Waals surface area (Å²) in [5.41, 5.74) is -0.946. The molecular formula is C33H33F2N5O4. The zero-order valence-corrected chi connectivity index (χ0v) is 24.6. The van der Waals surface area contributed by atoms with Gasteiger partial charge >= 0.3 is 6.01 Å². The summed E-state index contributed by atoms with van der Waals surface area (Å²) >= 11 is 0. The number of phenolic OH excluding ortho intramolecular Hbond substituents is 1. The number of ether oxygens (including phenoxy) is 2. The number of pyridine rings is 1. The highest BCUT2D eigenvalue weighted by atomic mass is 19.1. The van der Waals surface area contributed by atoms with Crippen molar-refractivity contribution in [3.8, 4) is 41.2 Å². The van der Waals surface area contributed by atoms with Crippen LogP contribution < -0.4 is 14.8 Å². The van der Waals surface area contributed by atoms with Gasteiger partial charge in [-0.15, -0.1) is 6.42 Å². The van der Waals surface area contributed by atoms with Crippen LogP contribution in [0.15, 0.2) is 24.3 Å². The third-order valence-corrected chi connectivity index (χ3v) is 9.45. The van der Waals surface area contributed by atoms with Gasteiger partial charge in [-0.3, -0.25) is 4.90 Å². The molecule has 4 heterocycles. The molecule has 228 valence electrons. The maximum absolute atomic E-state index is 16.8. The molecule has 3 fully saturated rings. The molecular weight excluding hydrogens is 568 g/mol. The normalized spacial score (nSPS) is 22.5. The molecule has 2 saturated heterocycles. The number of hydrogen-bond acceptors (Lipinski definition) is 9. The number of aliphatic hydroxyl groups excluding tert-OH is 1. The van der Waals surface area contributed by atoms with Crippen LogP contribution >= 0.6 is 0 Å². The lowest BCUT2D eigenvalue weighted by Crippen LogP contribution is -2.50. The molecule has 3 aliphatic rings. The summed E-state index contributed by atoms with van der Waals surface area (Å²) in [5.74, 6) is 0.959. The number of rotatable bonds is 7. The Balaban J connectivity index is 1.42. The van der Waals surface area contributed by atoms with Gasteiger partial charge in [-0.2, -0.15) is 9.97 Å². The van der Waals surface area contributed by atoms with Crippen molar-refractivity contribution in [3.63, 3.8) is 0 Å². The van der Waals surface area contributed by atoms with E-state index < -0.39 is 23.3 Å². The summed E-state index contributed by atoms with van der Waals surface area (Å²) in [7, 11) is 1.40. The minimum Gasteiger partial charge on any atom is -0.508 e. The van der Waals surface area contributed by atoms with Crippen LogP contribution in [0.1, 0.15) is 51.0 Å². The van der Waals surface area contributed by atoms with Gasteiger partial charge in [0.1, 0.15) is 40.6 Å². The predicted octanol–water partition coefficient (Wildman–Crippen LogP) is 5.15. The van der Waals surface area contributed by atoms with E-state index in [1.165, 1.54) is 31.4 Å². The molecule has 7 rings (SSSR count). The van der Waals surface area contributed by atoms with Crippen molar-refractivity contribution in [3.05, 3.63) is 41.5 Å². The highest BCUT2D eigenvalue weighted by Crippen LogP contribution is 2.44. The molecule has 44 heavy (non-hydrogen) atoms. The monoisotopic (exact) mass is 601 g/mol. The number of aliphatic hydroxyl groups is 1. The topological polar surface area (TPSA) is 113 Å². The van der Waals surface area contributed by atoms with E-state index in [4.69, 9.17) is 15.9 Å². The van der Waals surface area contributed by atoms with Gasteiger partial charge in [0.15, 0.2) is 5.82 Å². The maximum Gasteiger partial charge on any atom is 0.319 e. The third-order valence-electron chi connectivity index (χ3n) is 9.45. The Morgan fingerprint density at radius 1 is 1.11 bits per heavy atom. The first-order valence-corrected chi connectivity index (χ1v) is 14.9. The average molecular weight is 602 g/mol. The van der Waals surface area contributed by atoms with Crippen LogP contribution in [-0.4, -0.2) is 74.1 Å². The second kappa shape index (κ2) is 10.4. The van der Waals surface area contributed by atoms with E-state index in [0.717, 1.165) is 38.8 Å². The van der Waals surface area contributed by atoms with Crippen molar-refractivity contribution in [2.75, 3.05) is 32.1 Å². The van der Waals surface area contributed by atoms with Gasteiger partial charge in [0, 0.05) is 16.5 Å². The maximum atomic E-state index is 16.8. The fraction of sp³-hybridized carbons (Fsp3) is 0.424. The molecule has 9 nitrogen and oxygen atoms in total. The van der Waals surface area contributed by atoms with E-state index in [1.807, 2.05) is 6.92 Å². The first kappa shape index (κ1) is 28.5. The number of halogens is 2. The van der Waals surface area contributed by atoms with Gasteiger partial charge < -0.3 is 25.0 Å². The van der Waals surface area contributed by atoms with E-state index in [1.54, 1.807) is 0 Å². The van der Waals surface area contributed by atoms with Crippen LogP contribution in [0.4, 0.5) is 14.6 Å². The number of phenols is 1. The number of fused-ring (bicyclic) bond motifs is 3. The summed E-state index contributed by atoms with van der Waals surface area (Å²) in [6.07, 6.45) is 10.4. The Hall–Kier alpha value is -4.27. The summed E-state index contributed by atoms with van der Waals surface area (Å²) in [4.78, 5) is 16.2. The first-order chi connectivity index (χ1) is 21.1. The molecule has 0 unspecified atom stereocenters. The molecule has 0 amide bonds. The van der Waals surface area contributed by atoms with Crippen molar-refractivity contribution in [1.82, 2.24) is 19.9 Å². The molecule has 2 aromatic heterocycles. The highest BCUT2D eigenvalue weighted by molar-refractivity contribution is 6.04. The highest BCUT2D eigenvalue weighted by Gasteiger charge is 2.45. The lowest BCUT2D eigenvalue weighted by atomic mass is 9.76. The van der Waals surface area contributed by atoms with Crippen molar-refractivity contribution in [2.45, 2.75) is 62.6 Å². The van der Waals surface area contributed by atoms with Gasteiger partial charge in [-0.1, -0.05) is 12.0 Å². The number of methoxy groups -OCH3 is 1. The Morgan fingerprint density at radius 2 is 1.86 bits per heavy atom. The minimum absolute atomic E-state index is 0.00850. The zero-order valence-electron chi connectivity index (χ0n) is 24.6. The number of hydrogen-bond donors (Lipinski definition) is 3. The average Bonchev–Trinajstić information content (AvgIpc) is 3.56. The van der Waals surface area contributed by atoms with E-state index >= 15 is 4.39 Å². The Bertz CT molecular complexity index is 1840. The van der Waals surface area contributed by atoms with Crippen LogP contribution in [0.5, 0.6) is 17.6 Å². The van der Waals surface area contributed by atoms with Crippen LogP contribution in [0, 0.1) is 24.0 Å². The molecule has 0 bridgehead atoms. The molecule has 0 radical (unpaired) electrons. The molecule has 2 aromatic carbocycles. The number of terminal acetylenes is 1. The van der Waals surface area contributed by atoms with Crippen LogP contribution in [0.25, 0.3) is 32.9 Å². The van der Waals surface area contributed by atoms with E-state index in [9.17, 15) is 14.6 Å². The minimum atomic E-state index is -0.837. The Morgan fingerprint density at radius 3 is 2.55 bits per heavy atom. The fourth-order valence-electron chi connectivity index (χ4n) is 7.38. The van der Waals surface area contributed by atoms with Crippen LogP contribution in [0.3, 0.4) is 0 Å². The molecule has 0 atom stereocenters. The summed E-state index contributed by atoms with van der Waals surface area (Å²) in [6.45, 7) is 4.36. The summed E-state index contributed by atoms with van der Waals surface area (Å²) < 4.78 is 43.6. The van der Waals surface area contributed by atoms with E-state index in [-0.39, 0.29) is 62.1 Å². The van der Waals surface area contributed by atoms with Gasteiger partial charge in [0.2, 0.25) is 5.88 Å². The van der Waals surface area contributed by atoms with Crippen LogP contribution in [0.2, 0.25) is 0 Å². The lowest BCUT2D eigenvalue weighted by Gasteiger charge is -2.43. The molecule has 11 heteroatoms. The van der Waals surface area contributed by atoms with Crippen molar-refractivity contribution in [2.24, 2.45) is 0 Å². The fourth-order valence-corrected chi connectivity index (χ4v) is 7.38. The third kappa shape index (κ3) is 4.55. The lowest BCUT2D eigenvalue weighted by molar-refractivity contribution is 0.0421. The van der Waals surface area contributed by atoms with Crippen molar-refractivity contribution < 1.29 is 28.5 Å². The second-order valence-corrected chi connectivity index (χ2v) is 12.5. The molecule has 4 aromatic rings. The van der Waals surface area contributed by atoms with Crippen molar-refractivity contribution >= 4 is 27.5 Å². The number of benzene rings is 2. The number of anilines is 1. The van der Waals surface area contributed by atoms with Gasteiger partial charge in [0.05, 0.1) is 24.3 Å². The predicted molar refractivity (Wildman–Crippen MR) is 162 cm³/mol. The second-order valence-electron chi connectivity index (χ2n) is 12.5. The first-order valence-electron chi connectivity index (χ1n) is 14.9. The zero-order chi connectivity index (χ0) is 30.8. The number of aromatic hydroxyl groups is 1. The number of aromatic nitrogens is 3.